The molecule has 1 nitrogen and oxygen atoms in total. The quantitative estimate of drug-likeness (QED) is 0.430. The second-order valence-electron chi connectivity index (χ2n) is 6.80. The number of rotatable bonds is 6. The summed E-state index contributed by atoms with van der Waals surface area (Å²) in [4.78, 5) is 0. The molecule has 0 spiro atoms. The van der Waals surface area contributed by atoms with Crippen molar-refractivity contribution in [2.45, 2.75) is 33.9 Å². The maximum Gasteiger partial charge on any atom is 0.103 e. The van der Waals surface area contributed by atoms with Crippen LogP contribution in [-0.4, -0.2) is 21.3 Å². The molecule has 0 heterocycles. The summed E-state index contributed by atoms with van der Waals surface area (Å²) in [7, 11) is -1.46. The van der Waals surface area contributed by atoms with E-state index in [2.05, 4.69) is 88.1 Å². The van der Waals surface area contributed by atoms with Gasteiger partial charge in [0.05, 0.1) is 13.2 Å². The van der Waals surface area contributed by atoms with Gasteiger partial charge in [-0.2, -0.15) is 0 Å². The molecule has 1 aromatic rings. The Labute approximate surface area is 125 Å². The van der Waals surface area contributed by atoms with E-state index in [-0.39, 0.29) is 5.41 Å². The number of ether oxygens (including phenoxy) is 1. The van der Waals surface area contributed by atoms with Crippen molar-refractivity contribution in [1.82, 2.24) is 0 Å². The normalized spacial score (nSPS) is 13.4. The molecule has 0 N–H and O–H groups in total. The lowest BCUT2D eigenvalue weighted by atomic mass is 9.96. The first-order chi connectivity index (χ1) is 9.31. The van der Waals surface area contributed by atoms with Crippen LogP contribution in [0.5, 0.6) is 0 Å². The van der Waals surface area contributed by atoms with Gasteiger partial charge in [0.1, 0.15) is 8.07 Å². The fourth-order valence-corrected chi connectivity index (χ4v) is 3.84. The number of benzene rings is 1. The molecule has 0 saturated heterocycles. The van der Waals surface area contributed by atoms with Crippen molar-refractivity contribution >= 4 is 13.3 Å². The van der Waals surface area contributed by atoms with Gasteiger partial charge in [-0.1, -0.05) is 93.3 Å². The maximum absolute atomic E-state index is 5.61. The van der Waals surface area contributed by atoms with Crippen molar-refractivity contribution in [1.29, 1.82) is 0 Å². The van der Waals surface area contributed by atoms with Crippen LogP contribution >= 0.6 is 0 Å². The molecule has 110 valence electrons. The predicted octanol–water partition coefficient (Wildman–Crippen LogP) is 4.32. The fraction of sp³-hybridized carbons (Fsp3) is 0.444. The molecule has 1 rings (SSSR count). The van der Waals surface area contributed by atoms with E-state index in [1.54, 1.807) is 0 Å². The van der Waals surface area contributed by atoms with Crippen LogP contribution in [0.2, 0.25) is 13.1 Å². The van der Waals surface area contributed by atoms with E-state index < -0.39 is 8.07 Å². The molecule has 0 fully saturated rings. The van der Waals surface area contributed by atoms with Gasteiger partial charge in [-0.05, 0) is 5.41 Å². The Bertz CT molecular complexity index is 438. The maximum atomic E-state index is 5.61. The summed E-state index contributed by atoms with van der Waals surface area (Å²) in [6, 6.07) is 10.8. The van der Waals surface area contributed by atoms with E-state index in [0.717, 1.165) is 0 Å². The molecule has 0 aliphatic carbocycles. The summed E-state index contributed by atoms with van der Waals surface area (Å²) in [6.45, 7) is 12.7. The molecule has 0 aromatic heterocycles. The van der Waals surface area contributed by atoms with E-state index in [0.29, 0.717) is 13.2 Å². The Kier molecular flexibility index (Phi) is 6.44. The van der Waals surface area contributed by atoms with Crippen LogP contribution in [0.15, 0.2) is 54.3 Å². The van der Waals surface area contributed by atoms with Gasteiger partial charge >= 0.3 is 0 Å². The molecule has 0 amide bonds. The van der Waals surface area contributed by atoms with E-state index in [9.17, 15) is 0 Å². The van der Waals surface area contributed by atoms with Crippen LogP contribution in [-0.2, 0) is 4.74 Å². The van der Waals surface area contributed by atoms with Crippen molar-refractivity contribution in [2.75, 3.05) is 13.2 Å². The monoisotopic (exact) mass is 288 g/mol. The first kappa shape index (κ1) is 16.9. The molecule has 0 unspecified atom stereocenters. The van der Waals surface area contributed by atoms with Crippen molar-refractivity contribution in [3.05, 3.63) is 54.3 Å². The van der Waals surface area contributed by atoms with Crippen molar-refractivity contribution < 1.29 is 4.74 Å². The van der Waals surface area contributed by atoms with Gasteiger partial charge in [0.15, 0.2) is 0 Å². The Morgan fingerprint density at radius 1 is 1.00 bits per heavy atom. The van der Waals surface area contributed by atoms with Gasteiger partial charge in [0.25, 0.3) is 0 Å². The third-order valence-corrected chi connectivity index (χ3v) is 5.99. The van der Waals surface area contributed by atoms with Crippen LogP contribution < -0.4 is 5.19 Å². The van der Waals surface area contributed by atoms with Gasteiger partial charge < -0.3 is 4.74 Å². The Morgan fingerprint density at radius 2 is 1.60 bits per heavy atom. The second kappa shape index (κ2) is 7.60. The smallest absolute Gasteiger partial charge is 0.103 e. The summed E-state index contributed by atoms with van der Waals surface area (Å²) in [5, 5.41) is 1.46. The first-order valence-corrected chi connectivity index (χ1v) is 10.4. The summed E-state index contributed by atoms with van der Waals surface area (Å²) < 4.78 is 5.61. The minimum atomic E-state index is -1.46. The number of hydrogen-bond donors (Lipinski definition) is 0. The average Bonchev–Trinajstić information content (AvgIpc) is 2.37. The molecule has 0 saturated carbocycles. The van der Waals surface area contributed by atoms with Gasteiger partial charge in [-0.15, -0.1) is 0 Å². The minimum absolute atomic E-state index is 0.238. The SMILES string of the molecule is CC(C)(C)/C=C/COC/C=C/[Si](C)(C)c1ccccc1. The van der Waals surface area contributed by atoms with Crippen LogP contribution in [0.4, 0.5) is 0 Å². The Balaban J connectivity index is 2.36. The molecule has 0 bridgehead atoms. The van der Waals surface area contributed by atoms with Gasteiger partial charge in [-0.3, -0.25) is 0 Å². The van der Waals surface area contributed by atoms with Crippen molar-refractivity contribution in [3.63, 3.8) is 0 Å². The fourth-order valence-electron chi connectivity index (χ4n) is 1.91. The summed E-state index contributed by atoms with van der Waals surface area (Å²) >= 11 is 0. The lowest BCUT2D eigenvalue weighted by Gasteiger charge is -2.18. The standard InChI is InChI=1S/C18H28OSi/c1-18(2,3)13-9-14-19-15-10-16-20(4,5)17-11-7-6-8-12-17/h6-13,16H,14-15H2,1-5H3/b13-9+,16-10+. The molecular weight excluding hydrogens is 260 g/mol. The van der Waals surface area contributed by atoms with Crippen LogP contribution in [0, 0.1) is 5.41 Å². The molecule has 0 radical (unpaired) electrons. The van der Waals surface area contributed by atoms with Gasteiger partial charge in [0.2, 0.25) is 0 Å². The minimum Gasteiger partial charge on any atom is -0.373 e. The van der Waals surface area contributed by atoms with Crippen LogP contribution in [0.3, 0.4) is 0 Å². The van der Waals surface area contributed by atoms with Crippen LogP contribution in [0.25, 0.3) is 0 Å². The largest absolute Gasteiger partial charge is 0.373 e. The van der Waals surface area contributed by atoms with Gasteiger partial charge in [0, 0.05) is 0 Å². The molecule has 1 aromatic carbocycles. The zero-order valence-corrected chi connectivity index (χ0v) is 14.5. The van der Waals surface area contributed by atoms with E-state index in [1.807, 2.05) is 0 Å². The highest BCUT2D eigenvalue weighted by Gasteiger charge is 2.18. The second-order valence-corrected chi connectivity index (χ2v) is 11.1. The third-order valence-electron chi connectivity index (χ3n) is 3.10. The van der Waals surface area contributed by atoms with E-state index in [1.165, 1.54) is 5.19 Å². The van der Waals surface area contributed by atoms with Gasteiger partial charge in [-0.25, -0.2) is 0 Å². The zero-order chi connectivity index (χ0) is 15.1. The van der Waals surface area contributed by atoms with Crippen molar-refractivity contribution in [2.24, 2.45) is 5.41 Å². The highest BCUT2D eigenvalue weighted by atomic mass is 28.3. The lowest BCUT2D eigenvalue weighted by Crippen LogP contribution is -2.39. The highest BCUT2D eigenvalue weighted by molar-refractivity contribution is 6.93. The summed E-state index contributed by atoms with van der Waals surface area (Å²) in [5.74, 6) is 0. The molecule has 0 aliphatic heterocycles. The molecular formula is C18H28OSi. The third kappa shape index (κ3) is 6.87. The molecule has 0 atom stereocenters. The average molecular weight is 289 g/mol. The Hall–Kier alpha value is -1.12. The number of allylic oxidation sites excluding steroid dienone is 1. The molecule has 2 heteroatoms. The summed E-state index contributed by atoms with van der Waals surface area (Å²) in [5.41, 5.74) is 2.59. The molecule has 20 heavy (non-hydrogen) atoms. The van der Waals surface area contributed by atoms with Crippen molar-refractivity contribution in [3.8, 4) is 0 Å². The van der Waals surface area contributed by atoms with Crippen LogP contribution in [0.1, 0.15) is 20.8 Å². The highest BCUT2D eigenvalue weighted by Crippen LogP contribution is 2.13. The summed E-state index contributed by atoms with van der Waals surface area (Å²) in [6.07, 6.45) is 6.47. The van der Waals surface area contributed by atoms with E-state index in [4.69, 9.17) is 4.74 Å². The Morgan fingerprint density at radius 3 is 2.20 bits per heavy atom. The zero-order valence-electron chi connectivity index (χ0n) is 13.5. The topological polar surface area (TPSA) is 9.23 Å². The van der Waals surface area contributed by atoms with E-state index >= 15 is 0 Å². The lowest BCUT2D eigenvalue weighted by molar-refractivity contribution is 0.193. The molecule has 0 aliphatic rings. The predicted molar refractivity (Wildman–Crippen MR) is 92.1 cm³/mol. The first-order valence-electron chi connectivity index (χ1n) is 7.30. The number of hydrogen-bond acceptors (Lipinski definition) is 1.